The molecule has 1 aliphatic heterocycles. The van der Waals surface area contributed by atoms with E-state index < -0.39 is 0 Å². The summed E-state index contributed by atoms with van der Waals surface area (Å²) in [4.78, 5) is 2.52. The number of nitrogens with zero attached hydrogens (tertiary/aromatic N) is 1. The molecule has 1 aromatic rings. The van der Waals surface area contributed by atoms with Gasteiger partial charge in [0.05, 0.1) is 0 Å². The molecule has 1 aliphatic carbocycles. The van der Waals surface area contributed by atoms with Crippen molar-refractivity contribution in [3.63, 3.8) is 0 Å². The Kier molecular flexibility index (Phi) is 3.52. The van der Waals surface area contributed by atoms with Crippen LogP contribution >= 0.6 is 0 Å². The van der Waals surface area contributed by atoms with E-state index in [9.17, 15) is 0 Å². The van der Waals surface area contributed by atoms with Gasteiger partial charge in [-0.2, -0.15) is 0 Å². The molecule has 3 heteroatoms. The Morgan fingerprint density at radius 3 is 2.89 bits per heavy atom. The maximum Gasteiger partial charge on any atom is 0.123 e. The first-order valence-corrected chi connectivity index (χ1v) is 7.05. The van der Waals surface area contributed by atoms with Crippen molar-refractivity contribution in [2.75, 3.05) is 13.2 Å². The molecule has 1 heterocycles. The summed E-state index contributed by atoms with van der Waals surface area (Å²) in [7, 11) is 0. The minimum Gasteiger partial charge on any atom is -0.492 e. The van der Waals surface area contributed by atoms with Gasteiger partial charge in [0.25, 0.3) is 0 Å². The van der Waals surface area contributed by atoms with Crippen LogP contribution < -0.4 is 10.5 Å². The molecule has 1 fully saturated rings. The van der Waals surface area contributed by atoms with Crippen LogP contribution in [0.15, 0.2) is 24.3 Å². The first kappa shape index (κ1) is 12.0. The number of benzene rings is 1. The van der Waals surface area contributed by atoms with Crippen LogP contribution in [0.5, 0.6) is 5.75 Å². The van der Waals surface area contributed by atoms with Gasteiger partial charge in [-0.3, -0.25) is 4.90 Å². The normalized spacial score (nSPS) is 29.2. The lowest BCUT2D eigenvalue weighted by Crippen LogP contribution is -2.49. The number of ether oxygens (including phenoxy) is 1. The standard InChI is InChI=1S/C15H22N2O/c16-13-6-2-3-7-14(13)17-9-10-18-15-8-4-1-5-12(15)11-17/h1,4-5,8,13-14H,2-3,6-7,9-11,16H2. The molecule has 18 heavy (non-hydrogen) atoms. The fourth-order valence-electron chi connectivity index (χ4n) is 3.22. The van der Waals surface area contributed by atoms with Gasteiger partial charge < -0.3 is 10.5 Å². The SMILES string of the molecule is NC1CCCCC1N1CCOc2ccccc2C1. The van der Waals surface area contributed by atoms with Gasteiger partial charge in [0.1, 0.15) is 12.4 Å². The van der Waals surface area contributed by atoms with Crippen molar-refractivity contribution in [2.45, 2.75) is 44.3 Å². The van der Waals surface area contributed by atoms with Crippen molar-refractivity contribution in [2.24, 2.45) is 5.73 Å². The third-order valence-corrected chi connectivity index (χ3v) is 4.23. The summed E-state index contributed by atoms with van der Waals surface area (Å²) in [6, 6.07) is 9.24. The Balaban J connectivity index is 1.78. The Hall–Kier alpha value is -1.06. The van der Waals surface area contributed by atoms with Crippen LogP contribution in [-0.4, -0.2) is 30.1 Å². The quantitative estimate of drug-likeness (QED) is 0.825. The summed E-state index contributed by atoms with van der Waals surface area (Å²) in [6.45, 7) is 2.75. The van der Waals surface area contributed by atoms with Crippen LogP contribution in [0.25, 0.3) is 0 Å². The number of fused-ring (bicyclic) bond motifs is 1. The van der Waals surface area contributed by atoms with Gasteiger partial charge in [-0.1, -0.05) is 31.0 Å². The van der Waals surface area contributed by atoms with Crippen LogP contribution in [0.1, 0.15) is 31.2 Å². The molecule has 2 unspecified atom stereocenters. The fourth-order valence-corrected chi connectivity index (χ4v) is 3.22. The number of nitrogens with two attached hydrogens (primary N) is 1. The Morgan fingerprint density at radius 1 is 1.17 bits per heavy atom. The predicted molar refractivity (Wildman–Crippen MR) is 72.6 cm³/mol. The minimum absolute atomic E-state index is 0.337. The van der Waals surface area contributed by atoms with E-state index in [1.807, 2.05) is 6.07 Å². The zero-order chi connectivity index (χ0) is 12.4. The number of rotatable bonds is 1. The van der Waals surface area contributed by atoms with Crippen molar-refractivity contribution in [1.82, 2.24) is 4.90 Å². The molecule has 0 saturated heterocycles. The Labute approximate surface area is 109 Å². The Bertz CT molecular complexity index is 407. The number of para-hydroxylation sites is 1. The second-order valence-corrected chi connectivity index (χ2v) is 5.44. The molecule has 3 nitrogen and oxygen atoms in total. The third-order valence-electron chi connectivity index (χ3n) is 4.23. The first-order chi connectivity index (χ1) is 8.84. The third kappa shape index (κ3) is 2.38. The molecule has 2 aliphatic rings. The average molecular weight is 246 g/mol. The van der Waals surface area contributed by atoms with E-state index in [0.717, 1.165) is 25.4 Å². The van der Waals surface area contributed by atoms with E-state index in [0.29, 0.717) is 12.1 Å². The van der Waals surface area contributed by atoms with Gasteiger partial charge in [-0.25, -0.2) is 0 Å². The van der Waals surface area contributed by atoms with E-state index in [4.69, 9.17) is 10.5 Å². The molecule has 98 valence electrons. The molecule has 0 amide bonds. The molecule has 1 saturated carbocycles. The van der Waals surface area contributed by atoms with E-state index in [1.165, 1.54) is 31.2 Å². The van der Waals surface area contributed by atoms with Crippen LogP contribution in [0, 0.1) is 0 Å². The predicted octanol–water partition coefficient (Wildman–Crippen LogP) is 2.15. The summed E-state index contributed by atoms with van der Waals surface area (Å²) in [5, 5.41) is 0. The van der Waals surface area contributed by atoms with Crippen LogP contribution in [0.2, 0.25) is 0 Å². The molecule has 0 radical (unpaired) electrons. The molecule has 0 spiro atoms. The highest BCUT2D eigenvalue weighted by Gasteiger charge is 2.29. The zero-order valence-electron chi connectivity index (χ0n) is 10.8. The van der Waals surface area contributed by atoms with Gasteiger partial charge in [0.2, 0.25) is 0 Å². The minimum atomic E-state index is 0.337. The highest BCUT2D eigenvalue weighted by Crippen LogP contribution is 2.28. The van der Waals surface area contributed by atoms with Crippen molar-refractivity contribution in [3.05, 3.63) is 29.8 Å². The zero-order valence-corrected chi connectivity index (χ0v) is 10.8. The van der Waals surface area contributed by atoms with Crippen LogP contribution in [-0.2, 0) is 6.54 Å². The summed E-state index contributed by atoms with van der Waals surface area (Å²) < 4.78 is 5.82. The second-order valence-electron chi connectivity index (χ2n) is 5.44. The van der Waals surface area contributed by atoms with E-state index >= 15 is 0 Å². The van der Waals surface area contributed by atoms with E-state index in [-0.39, 0.29) is 0 Å². The van der Waals surface area contributed by atoms with Crippen molar-refractivity contribution >= 4 is 0 Å². The topological polar surface area (TPSA) is 38.5 Å². The lowest BCUT2D eigenvalue weighted by molar-refractivity contribution is 0.120. The lowest BCUT2D eigenvalue weighted by atomic mass is 9.89. The van der Waals surface area contributed by atoms with Gasteiger partial charge in [-0.05, 0) is 18.9 Å². The van der Waals surface area contributed by atoms with Gasteiger partial charge in [0, 0.05) is 30.7 Å². The maximum absolute atomic E-state index is 6.30. The molecular weight excluding hydrogens is 224 g/mol. The lowest BCUT2D eigenvalue weighted by Gasteiger charge is -2.37. The highest BCUT2D eigenvalue weighted by molar-refractivity contribution is 5.33. The number of hydrogen-bond acceptors (Lipinski definition) is 3. The molecule has 2 N–H and O–H groups in total. The van der Waals surface area contributed by atoms with Crippen LogP contribution in [0.3, 0.4) is 0 Å². The first-order valence-electron chi connectivity index (χ1n) is 7.05. The summed E-state index contributed by atoms with van der Waals surface area (Å²) >= 11 is 0. The smallest absolute Gasteiger partial charge is 0.123 e. The van der Waals surface area contributed by atoms with Crippen molar-refractivity contribution in [1.29, 1.82) is 0 Å². The van der Waals surface area contributed by atoms with Crippen LogP contribution in [0.4, 0.5) is 0 Å². The van der Waals surface area contributed by atoms with Gasteiger partial charge in [-0.15, -0.1) is 0 Å². The molecule has 1 aromatic carbocycles. The van der Waals surface area contributed by atoms with E-state index in [1.54, 1.807) is 0 Å². The summed E-state index contributed by atoms with van der Waals surface area (Å²) in [5.74, 6) is 1.05. The molecule has 0 bridgehead atoms. The second kappa shape index (κ2) is 5.29. The summed E-state index contributed by atoms with van der Waals surface area (Å²) in [5.41, 5.74) is 7.60. The molecule has 0 aromatic heterocycles. The Morgan fingerprint density at radius 2 is 2.00 bits per heavy atom. The maximum atomic E-state index is 6.30. The average Bonchev–Trinajstić information content (AvgIpc) is 2.61. The monoisotopic (exact) mass is 246 g/mol. The largest absolute Gasteiger partial charge is 0.492 e. The molecular formula is C15H22N2O. The van der Waals surface area contributed by atoms with Gasteiger partial charge >= 0.3 is 0 Å². The van der Waals surface area contributed by atoms with Crippen molar-refractivity contribution < 1.29 is 4.74 Å². The van der Waals surface area contributed by atoms with Crippen molar-refractivity contribution in [3.8, 4) is 5.75 Å². The fraction of sp³-hybridized carbons (Fsp3) is 0.600. The molecule has 2 atom stereocenters. The summed E-state index contributed by atoms with van der Waals surface area (Å²) in [6.07, 6.45) is 5.02. The number of hydrogen-bond donors (Lipinski definition) is 1. The molecule has 3 rings (SSSR count). The van der Waals surface area contributed by atoms with E-state index in [2.05, 4.69) is 23.1 Å². The highest BCUT2D eigenvalue weighted by atomic mass is 16.5. The van der Waals surface area contributed by atoms with Gasteiger partial charge in [0.15, 0.2) is 0 Å².